The van der Waals surface area contributed by atoms with Crippen molar-refractivity contribution in [3.63, 3.8) is 0 Å². The van der Waals surface area contributed by atoms with Gasteiger partial charge in [-0.3, -0.25) is 0 Å². The molecule has 0 atom stereocenters. The fraction of sp³-hybridized carbons (Fsp3) is 1.00. The van der Waals surface area contributed by atoms with E-state index in [1.807, 2.05) is 0 Å². The van der Waals surface area contributed by atoms with Gasteiger partial charge in [0.15, 0.2) is 0 Å². The second-order valence-corrected chi connectivity index (χ2v) is 43.1. The summed E-state index contributed by atoms with van der Waals surface area (Å²) in [6.45, 7) is 17.7. The van der Waals surface area contributed by atoms with Gasteiger partial charge in [0.05, 0.1) is 0 Å². The van der Waals surface area contributed by atoms with Crippen LogP contribution in [0.3, 0.4) is 0 Å². The molecule has 0 aromatic carbocycles. The van der Waals surface area contributed by atoms with E-state index in [9.17, 15) is 0 Å². The van der Waals surface area contributed by atoms with Gasteiger partial charge in [-0.05, 0) is 0 Å². The quantitative estimate of drug-likeness (QED) is 0.675. The van der Waals surface area contributed by atoms with Crippen molar-refractivity contribution in [2.75, 3.05) is 0 Å². The van der Waals surface area contributed by atoms with E-state index in [2.05, 4.69) is 61.2 Å². The molecular weight excluding hydrogens is 247 g/mol. The number of hydrogen-bond donors (Lipinski definition) is 0. The van der Waals surface area contributed by atoms with E-state index in [1.54, 1.807) is 0 Å². The summed E-state index contributed by atoms with van der Waals surface area (Å²) in [5.41, 5.74) is -0.954. The number of hydrogen-bond acceptors (Lipinski definition) is 0. The van der Waals surface area contributed by atoms with Gasteiger partial charge in [-0.2, -0.15) is 0 Å². The zero-order valence-corrected chi connectivity index (χ0v) is 13.6. The van der Waals surface area contributed by atoms with Crippen LogP contribution in [0.25, 0.3) is 0 Å². The van der Waals surface area contributed by atoms with Crippen LogP contribution >= 0.6 is 0 Å². The third kappa shape index (κ3) is 2.56. The summed E-state index contributed by atoms with van der Waals surface area (Å²) in [4.78, 5) is 0. The molecule has 0 aliphatic heterocycles. The Labute approximate surface area is 82.0 Å². The van der Waals surface area contributed by atoms with Gasteiger partial charge in [-0.15, -0.1) is 0 Å². The molecule has 67 valence electrons. The average molecular weight is 268 g/mol. The second kappa shape index (κ2) is 3.14. The van der Waals surface area contributed by atoms with Crippen LogP contribution in [0.5, 0.6) is 0 Å². The summed E-state index contributed by atoms with van der Waals surface area (Å²) in [7, 11) is -1.75. The van der Waals surface area contributed by atoms with Crippen molar-refractivity contribution >= 4 is 36.3 Å². The predicted molar refractivity (Wildman–Crippen MR) is 64.1 cm³/mol. The van der Waals surface area contributed by atoms with Crippen molar-refractivity contribution in [1.29, 1.82) is 0 Å². The summed E-state index contributed by atoms with van der Waals surface area (Å²) in [5, 5.41) is 0. The van der Waals surface area contributed by atoms with Gasteiger partial charge >= 0.3 is 82.1 Å². The van der Waals surface area contributed by atoms with Crippen LogP contribution in [0.2, 0.25) is 45.8 Å². The molecule has 0 heterocycles. The first-order valence-corrected chi connectivity index (χ1v) is 18.2. The van der Waals surface area contributed by atoms with E-state index in [0.717, 1.165) is 0 Å². The minimum absolute atomic E-state index is 0.875. The third-order valence-corrected chi connectivity index (χ3v) is 62.4. The average Bonchev–Trinajstić information content (AvgIpc) is 1.58. The Kier molecular flexibility index (Phi) is 3.48. The van der Waals surface area contributed by atoms with E-state index < -0.39 is 20.9 Å². The first-order chi connectivity index (χ1) is 4.50. The Morgan fingerprint density at radius 2 is 0.818 bits per heavy atom. The molecule has 0 aromatic rings. The monoisotopic (exact) mass is 269 g/mol. The first-order valence-electron chi connectivity index (χ1n) is 4.20. The van der Waals surface area contributed by atoms with Crippen LogP contribution in [0.4, 0.5) is 0 Å². The Hall–Kier alpha value is 1.17. The molecule has 0 spiro atoms. The molecule has 0 saturated heterocycles. The molecule has 4 heteroatoms. The topological polar surface area (TPSA) is 0 Å². The van der Waals surface area contributed by atoms with Gasteiger partial charge in [-0.1, -0.05) is 0 Å². The third-order valence-electron chi connectivity index (χ3n) is 2.86. The molecular formula is C7H21SeSi3. The molecule has 0 fully saturated rings. The van der Waals surface area contributed by atoms with Crippen molar-refractivity contribution in [3.8, 4) is 0 Å². The van der Waals surface area contributed by atoms with Crippen molar-refractivity contribution in [3.05, 3.63) is 0 Å². The van der Waals surface area contributed by atoms with Crippen molar-refractivity contribution in [2.45, 2.75) is 45.8 Å². The maximum absolute atomic E-state index is 3.60. The van der Waals surface area contributed by atoms with Crippen LogP contribution in [0.1, 0.15) is 0 Å². The summed E-state index contributed by atoms with van der Waals surface area (Å²) >= 11 is 3.60. The summed E-state index contributed by atoms with van der Waals surface area (Å²) in [6.07, 6.45) is 0. The van der Waals surface area contributed by atoms with Crippen LogP contribution in [-0.4, -0.2) is 36.3 Å². The zero-order valence-electron chi connectivity index (χ0n) is 8.91. The predicted octanol–water partition coefficient (Wildman–Crippen LogP) is 2.56. The zero-order chi connectivity index (χ0) is 9.50. The summed E-state index contributed by atoms with van der Waals surface area (Å²) < 4.78 is 0. The van der Waals surface area contributed by atoms with E-state index >= 15 is 0 Å². The van der Waals surface area contributed by atoms with Crippen LogP contribution in [0.15, 0.2) is 0 Å². The van der Waals surface area contributed by atoms with E-state index in [4.69, 9.17) is 0 Å². The van der Waals surface area contributed by atoms with Crippen molar-refractivity contribution in [2.24, 2.45) is 0 Å². The van der Waals surface area contributed by atoms with Crippen molar-refractivity contribution in [1.82, 2.24) is 0 Å². The van der Waals surface area contributed by atoms with Crippen molar-refractivity contribution < 1.29 is 0 Å². The SMILES string of the molecule is C[Si](C)(C)[Si](C)([Se])[Si](C)(C)C. The summed E-state index contributed by atoms with van der Waals surface area (Å²) in [6, 6.07) is 0. The minimum atomic E-state index is -0.954. The molecule has 0 unspecified atom stereocenters. The van der Waals surface area contributed by atoms with Gasteiger partial charge in [0.1, 0.15) is 0 Å². The fourth-order valence-electron chi connectivity index (χ4n) is 1.12. The van der Waals surface area contributed by atoms with E-state index in [0.29, 0.717) is 0 Å². The standard InChI is InChI=1S/C7H21SeSi3/c1-9(2,3)11(7,8)10(4,5)6/h1-7H3. The Morgan fingerprint density at radius 3 is 0.818 bits per heavy atom. The molecule has 11 heavy (non-hydrogen) atoms. The normalized spacial score (nSPS) is 15.3. The molecule has 0 bridgehead atoms. The van der Waals surface area contributed by atoms with Gasteiger partial charge in [0.2, 0.25) is 0 Å². The van der Waals surface area contributed by atoms with E-state index in [-0.39, 0.29) is 0 Å². The van der Waals surface area contributed by atoms with Gasteiger partial charge in [-0.25, -0.2) is 0 Å². The molecule has 0 N–H and O–H groups in total. The molecule has 0 amide bonds. The molecule has 0 aliphatic carbocycles. The molecule has 0 rings (SSSR count). The Morgan fingerprint density at radius 1 is 0.636 bits per heavy atom. The molecule has 0 saturated carbocycles. The molecule has 0 aromatic heterocycles. The maximum atomic E-state index is 3.60. The second-order valence-electron chi connectivity index (χ2n) is 5.53. The fourth-order valence-corrected chi connectivity index (χ4v) is 30.4. The van der Waals surface area contributed by atoms with Gasteiger partial charge < -0.3 is 0 Å². The summed E-state index contributed by atoms with van der Waals surface area (Å²) in [5.74, 6) is 0. The van der Waals surface area contributed by atoms with Crippen LogP contribution < -0.4 is 0 Å². The van der Waals surface area contributed by atoms with Crippen LogP contribution in [0, 0.1) is 0 Å². The Balaban J connectivity index is 4.75. The molecule has 0 aliphatic rings. The molecule has 1 radical (unpaired) electrons. The van der Waals surface area contributed by atoms with Gasteiger partial charge in [0.25, 0.3) is 0 Å². The molecule has 0 nitrogen and oxygen atoms in total. The van der Waals surface area contributed by atoms with Gasteiger partial charge in [0, 0.05) is 0 Å². The first kappa shape index (κ1) is 12.2. The Bertz CT molecular complexity index is 125. The van der Waals surface area contributed by atoms with E-state index in [1.165, 1.54) is 0 Å². The van der Waals surface area contributed by atoms with Crippen LogP contribution in [-0.2, 0) is 0 Å². The number of rotatable bonds is 2.